The number of anilines is 3. The van der Waals surface area contributed by atoms with Gasteiger partial charge in [-0.15, -0.1) is 0 Å². The fraction of sp³-hybridized carbons (Fsp3) is 0.265. The molecule has 43 heavy (non-hydrogen) atoms. The maximum absolute atomic E-state index is 13.0. The average Bonchev–Trinajstić information content (AvgIpc) is 3.69. The molecule has 0 spiro atoms. The Labute approximate surface area is 251 Å². The minimum Gasteiger partial charge on any atom is -0.495 e. The van der Waals surface area contributed by atoms with Gasteiger partial charge in [-0.2, -0.15) is 5.06 Å². The van der Waals surface area contributed by atoms with Crippen LogP contribution in [0.5, 0.6) is 5.75 Å². The molecule has 2 N–H and O–H groups in total. The highest BCUT2D eigenvalue weighted by Gasteiger charge is 2.31. The molecule has 1 fully saturated rings. The fourth-order valence-corrected chi connectivity index (χ4v) is 5.48. The van der Waals surface area contributed by atoms with Crippen LogP contribution in [0.15, 0.2) is 79.1 Å². The summed E-state index contributed by atoms with van der Waals surface area (Å²) >= 11 is 0. The summed E-state index contributed by atoms with van der Waals surface area (Å²) in [6.45, 7) is 0.493. The first-order chi connectivity index (χ1) is 21.0. The number of fused-ring (bicyclic) bond motifs is 1. The minimum atomic E-state index is -0.314. The molecule has 1 aliphatic carbocycles. The number of urea groups is 1. The third-order valence-electron chi connectivity index (χ3n) is 7.82. The Morgan fingerprint density at radius 2 is 1.72 bits per heavy atom. The molecular weight excluding hydrogens is 540 g/mol. The summed E-state index contributed by atoms with van der Waals surface area (Å²) in [6, 6.07) is 21.6. The van der Waals surface area contributed by atoms with E-state index in [-0.39, 0.29) is 12.1 Å². The lowest BCUT2D eigenvalue weighted by Gasteiger charge is -2.23. The van der Waals surface area contributed by atoms with Crippen molar-refractivity contribution in [3.63, 3.8) is 0 Å². The Morgan fingerprint density at radius 1 is 0.977 bits per heavy atom. The summed E-state index contributed by atoms with van der Waals surface area (Å²) in [5.41, 5.74) is 6.57. The summed E-state index contributed by atoms with van der Waals surface area (Å²) in [6.07, 6.45) is 6.13. The standard InChI is InChI=1S/C34H34N6O3/c1-39(2)29-17-26-19-30(32(42-3)20-27(26)18-29)38-33-35-21-24(22-36-33)13-12-23-8-7-11-28(16-23)37-34(41)40-31(14-15-43-40)25-9-5-4-6-10-25/h4-11,16,19-22,29,31H,14-15,17-18H2,1-3H3,(H,37,41)(H,35,36,38)/t29?,31-/m0/s1. The van der Waals surface area contributed by atoms with Crippen molar-refractivity contribution in [1.82, 2.24) is 19.9 Å². The zero-order valence-electron chi connectivity index (χ0n) is 24.5. The van der Waals surface area contributed by atoms with Crippen LogP contribution in [0.3, 0.4) is 0 Å². The number of nitrogens with zero attached hydrogens (tertiary/aromatic N) is 4. The largest absolute Gasteiger partial charge is 0.495 e. The lowest BCUT2D eigenvalue weighted by molar-refractivity contribution is -0.0829. The highest BCUT2D eigenvalue weighted by atomic mass is 16.7. The summed E-state index contributed by atoms with van der Waals surface area (Å²) in [5.74, 6) is 7.48. The SMILES string of the molecule is COc1cc2c(cc1Nc1ncc(C#Cc3cccc(NC(=O)N4OCC[C@H]4c4ccccc4)c3)cn1)CC(N(C)C)C2. The third kappa shape index (κ3) is 6.46. The van der Waals surface area contributed by atoms with Gasteiger partial charge in [0.25, 0.3) is 0 Å². The second-order valence-corrected chi connectivity index (χ2v) is 10.9. The first-order valence-corrected chi connectivity index (χ1v) is 14.3. The highest BCUT2D eigenvalue weighted by Crippen LogP contribution is 2.35. The van der Waals surface area contributed by atoms with E-state index in [9.17, 15) is 4.79 Å². The predicted octanol–water partition coefficient (Wildman–Crippen LogP) is 5.57. The molecule has 2 aliphatic rings. The van der Waals surface area contributed by atoms with Crippen LogP contribution in [0.2, 0.25) is 0 Å². The minimum absolute atomic E-state index is 0.124. The van der Waals surface area contributed by atoms with Gasteiger partial charge in [0.05, 0.1) is 31.0 Å². The van der Waals surface area contributed by atoms with Gasteiger partial charge in [-0.25, -0.2) is 14.8 Å². The normalized spacial score (nSPS) is 17.3. The van der Waals surface area contributed by atoms with Crippen LogP contribution in [0.25, 0.3) is 0 Å². The van der Waals surface area contributed by atoms with Crippen molar-refractivity contribution >= 4 is 23.4 Å². The highest BCUT2D eigenvalue weighted by molar-refractivity contribution is 5.89. The van der Waals surface area contributed by atoms with Crippen molar-refractivity contribution in [2.75, 3.05) is 38.4 Å². The second-order valence-electron chi connectivity index (χ2n) is 10.9. The number of likely N-dealkylation sites (N-methyl/N-ethyl adjacent to an activating group) is 1. The van der Waals surface area contributed by atoms with Crippen LogP contribution in [0.1, 0.15) is 40.3 Å². The van der Waals surface area contributed by atoms with E-state index in [0.29, 0.717) is 29.8 Å². The number of carbonyl (C=O) groups is 1. The molecule has 0 saturated carbocycles. The number of hydrogen-bond donors (Lipinski definition) is 2. The van der Waals surface area contributed by atoms with Gasteiger partial charge >= 0.3 is 6.03 Å². The zero-order valence-corrected chi connectivity index (χ0v) is 24.5. The quantitative estimate of drug-likeness (QED) is 0.291. The molecule has 1 saturated heterocycles. The smallest absolute Gasteiger partial charge is 0.346 e. The summed E-state index contributed by atoms with van der Waals surface area (Å²) in [7, 11) is 5.91. The van der Waals surface area contributed by atoms with Crippen molar-refractivity contribution < 1.29 is 14.4 Å². The molecule has 218 valence electrons. The van der Waals surface area contributed by atoms with E-state index >= 15 is 0 Å². The molecule has 3 aromatic carbocycles. The molecule has 0 bridgehead atoms. The molecule has 2 atom stereocenters. The first kappa shape index (κ1) is 28.2. The molecule has 9 nitrogen and oxygen atoms in total. The van der Waals surface area contributed by atoms with Crippen LogP contribution in [0, 0.1) is 11.8 Å². The van der Waals surface area contributed by atoms with Gasteiger partial charge < -0.3 is 20.3 Å². The number of amides is 2. The van der Waals surface area contributed by atoms with E-state index in [1.807, 2.05) is 54.6 Å². The number of methoxy groups -OCH3 is 1. The maximum atomic E-state index is 13.0. The number of aromatic nitrogens is 2. The van der Waals surface area contributed by atoms with Crippen molar-refractivity contribution in [2.45, 2.75) is 31.3 Å². The fourth-order valence-electron chi connectivity index (χ4n) is 5.48. The average molecular weight is 575 g/mol. The number of hydroxylamine groups is 2. The van der Waals surface area contributed by atoms with Crippen LogP contribution >= 0.6 is 0 Å². The van der Waals surface area contributed by atoms with Crippen molar-refractivity contribution in [3.05, 3.63) is 107 Å². The van der Waals surface area contributed by atoms with Gasteiger partial charge in [0, 0.05) is 36.1 Å². The predicted molar refractivity (Wildman–Crippen MR) is 166 cm³/mol. The molecule has 2 heterocycles. The lowest BCUT2D eigenvalue weighted by Crippen LogP contribution is -2.33. The van der Waals surface area contributed by atoms with Gasteiger partial charge in [-0.1, -0.05) is 48.2 Å². The summed E-state index contributed by atoms with van der Waals surface area (Å²) in [5, 5.41) is 7.65. The number of ether oxygens (including phenoxy) is 1. The molecule has 6 rings (SSSR count). The molecular formula is C34H34N6O3. The van der Waals surface area contributed by atoms with E-state index in [0.717, 1.165) is 41.8 Å². The monoisotopic (exact) mass is 574 g/mol. The Bertz CT molecular complexity index is 1660. The molecule has 0 radical (unpaired) electrons. The Hall–Kier alpha value is -4.91. The zero-order chi connectivity index (χ0) is 29.8. The Kier molecular flexibility index (Phi) is 8.22. The summed E-state index contributed by atoms with van der Waals surface area (Å²) in [4.78, 5) is 29.9. The van der Waals surface area contributed by atoms with Gasteiger partial charge in [-0.05, 0) is 74.0 Å². The third-order valence-corrected chi connectivity index (χ3v) is 7.82. The topological polar surface area (TPSA) is 91.8 Å². The van der Waals surface area contributed by atoms with Crippen LogP contribution in [-0.2, 0) is 17.7 Å². The van der Waals surface area contributed by atoms with Crippen LogP contribution in [0.4, 0.5) is 22.1 Å². The molecule has 4 aromatic rings. The molecule has 9 heteroatoms. The van der Waals surface area contributed by atoms with Gasteiger partial charge in [0.1, 0.15) is 5.75 Å². The van der Waals surface area contributed by atoms with Crippen molar-refractivity contribution in [3.8, 4) is 17.6 Å². The number of rotatable bonds is 6. The van der Waals surface area contributed by atoms with Gasteiger partial charge in [0.2, 0.25) is 5.95 Å². The second kappa shape index (κ2) is 12.5. The van der Waals surface area contributed by atoms with Crippen LogP contribution < -0.4 is 15.4 Å². The van der Waals surface area contributed by atoms with Crippen LogP contribution in [-0.4, -0.2) is 59.8 Å². The number of carbonyl (C=O) groups excluding carboxylic acids is 1. The number of benzene rings is 3. The van der Waals surface area contributed by atoms with Gasteiger partial charge in [0.15, 0.2) is 0 Å². The first-order valence-electron chi connectivity index (χ1n) is 14.3. The van der Waals surface area contributed by atoms with E-state index in [1.165, 1.54) is 16.2 Å². The van der Waals surface area contributed by atoms with E-state index in [4.69, 9.17) is 9.57 Å². The van der Waals surface area contributed by atoms with Gasteiger partial charge in [-0.3, -0.25) is 4.84 Å². The van der Waals surface area contributed by atoms with Crippen molar-refractivity contribution in [2.24, 2.45) is 0 Å². The maximum Gasteiger partial charge on any atom is 0.346 e. The van der Waals surface area contributed by atoms with E-state index in [2.05, 4.69) is 63.6 Å². The molecule has 1 aliphatic heterocycles. The van der Waals surface area contributed by atoms with E-state index in [1.54, 1.807) is 19.5 Å². The number of nitrogens with one attached hydrogen (secondary N) is 2. The Balaban J connectivity index is 1.10. The van der Waals surface area contributed by atoms with E-state index < -0.39 is 0 Å². The molecule has 2 amide bonds. The molecule has 1 unspecified atom stereocenters. The lowest BCUT2D eigenvalue weighted by atomic mass is 10.1. The molecule has 1 aromatic heterocycles. The Morgan fingerprint density at radius 3 is 2.47 bits per heavy atom. The number of hydrogen-bond acceptors (Lipinski definition) is 7. The summed E-state index contributed by atoms with van der Waals surface area (Å²) < 4.78 is 5.65. The van der Waals surface area contributed by atoms with Crippen molar-refractivity contribution in [1.29, 1.82) is 0 Å².